The third kappa shape index (κ3) is 5.88. The first kappa shape index (κ1) is 22.6. The van der Waals surface area contributed by atoms with Crippen molar-refractivity contribution in [2.24, 2.45) is 0 Å². The molecular weight excluding hydrogens is 398 g/mol. The van der Waals surface area contributed by atoms with E-state index in [1.54, 1.807) is 12.1 Å². The fraction of sp³-hybridized carbons (Fsp3) is 0.421. The van der Waals surface area contributed by atoms with Crippen LogP contribution in [0.4, 0.5) is 5.69 Å². The van der Waals surface area contributed by atoms with Gasteiger partial charge in [-0.1, -0.05) is 23.4 Å². The first-order chi connectivity index (χ1) is 13.6. The van der Waals surface area contributed by atoms with Crippen LogP contribution in [0.2, 0.25) is 0 Å². The molecule has 2 aromatic rings. The molecule has 0 radical (unpaired) electrons. The van der Waals surface area contributed by atoms with Gasteiger partial charge in [-0.3, -0.25) is 9.59 Å². The lowest BCUT2D eigenvalue weighted by atomic mass is 10.2. The second kappa shape index (κ2) is 9.66. The molecule has 0 saturated heterocycles. The van der Waals surface area contributed by atoms with Crippen LogP contribution in [-0.2, 0) is 24.3 Å². The third-order valence-electron chi connectivity index (χ3n) is 4.03. The minimum atomic E-state index is -3.86. The van der Waals surface area contributed by atoms with E-state index in [0.717, 1.165) is 0 Å². The molecule has 0 bridgehead atoms. The molecule has 10 heteroatoms. The molecule has 1 N–H and O–H groups in total. The lowest BCUT2D eigenvalue weighted by molar-refractivity contribution is -0.147. The number of esters is 1. The summed E-state index contributed by atoms with van der Waals surface area (Å²) in [6.45, 7) is 6.11. The molecule has 1 aromatic carbocycles. The molecule has 0 aliphatic carbocycles. The Balaban J connectivity index is 1.86. The monoisotopic (exact) mass is 423 g/mol. The second-order valence-electron chi connectivity index (χ2n) is 6.65. The quantitative estimate of drug-likeness (QED) is 0.612. The number of sulfonamides is 1. The molecule has 0 aliphatic rings. The van der Waals surface area contributed by atoms with Crippen LogP contribution in [0.25, 0.3) is 0 Å². The highest BCUT2D eigenvalue weighted by Crippen LogP contribution is 2.18. The van der Waals surface area contributed by atoms with E-state index in [4.69, 9.17) is 9.26 Å². The maximum atomic E-state index is 12.5. The molecule has 158 valence electrons. The number of aromatic nitrogens is 1. The summed E-state index contributed by atoms with van der Waals surface area (Å²) in [5, 5.41) is 3.60. The van der Waals surface area contributed by atoms with Crippen LogP contribution in [-0.4, -0.2) is 44.6 Å². The van der Waals surface area contributed by atoms with Crippen molar-refractivity contribution in [3.63, 3.8) is 0 Å². The van der Waals surface area contributed by atoms with Crippen molar-refractivity contribution >= 4 is 27.6 Å². The van der Waals surface area contributed by atoms with Crippen molar-refractivity contribution < 1.29 is 27.3 Å². The first-order valence-electron chi connectivity index (χ1n) is 9.08. The largest absolute Gasteiger partial charge is 0.456 e. The van der Waals surface area contributed by atoms with Crippen LogP contribution < -0.4 is 9.62 Å². The predicted molar refractivity (Wildman–Crippen MR) is 106 cm³/mol. The van der Waals surface area contributed by atoms with Crippen molar-refractivity contribution in [2.45, 2.75) is 45.1 Å². The highest BCUT2D eigenvalue weighted by Gasteiger charge is 2.24. The number of nitrogens with one attached hydrogen (secondary N) is 1. The van der Waals surface area contributed by atoms with Gasteiger partial charge in [0.05, 0.1) is 6.42 Å². The Morgan fingerprint density at radius 3 is 2.41 bits per heavy atom. The fourth-order valence-electron chi connectivity index (χ4n) is 2.82. The molecule has 0 aliphatic heterocycles. The van der Waals surface area contributed by atoms with E-state index in [-0.39, 0.29) is 41.3 Å². The average molecular weight is 423 g/mol. The van der Waals surface area contributed by atoms with E-state index in [1.165, 1.54) is 18.7 Å². The minimum absolute atomic E-state index is 0.0449. The number of aryl methyl sites for hydroxylation is 2. The summed E-state index contributed by atoms with van der Waals surface area (Å²) in [7, 11) is -3.86. The molecule has 0 saturated carbocycles. The van der Waals surface area contributed by atoms with E-state index in [0.29, 0.717) is 5.69 Å². The van der Waals surface area contributed by atoms with Gasteiger partial charge in [0.25, 0.3) is 5.91 Å². The van der Waals surface area contributed by atoms with Crippen LogP contribution in [0.15, 0.2) is 39.8 Å². The molecular formula is C19H25N3O6S. The zero-order chi connectivity index (χ0) is 21.6. The van der Waals surface area contributed by atoms with Gasteiger partial charge in [-0.25, -0.2) is 13.1 Å². The Hall–Kier alpha value is -2.72. The zero-order valence-corrected chi connectivity index (χ0v) is 17.7. The van der Waals surface area contributed by atoms with Gasteiger partial charge in [0, 0.05) is 18.3 Å². The lowest BCUT2D eigenvalue weighted by Crippen LogP contribution is -2.40. The standard InChI is InChI=1S/C19H25N3O6S/c1-13(2)22(16-8-6-5-7-9-16)17(23)12-27-18(24)10-11-20-29(25,26)19-14(3)21-28-15(19)4/h5-9,13,20H,10-12H2,1-4H3. The molecule has 0 spiro atoms. The fourth-order valence-corrected chi connectivity index (χ4v) is 4.18. The van der Waals surface area contributed by atoms with E-state index < -0.39 is 22.6 Å². The average Bonchev–Trinajstić information content (AvgIpc) is 2.99. The topological polar surface area (TPSA) is 119 Å². The summed E-state index contributed by atoms with van der Waals surface area (Å²) in [6.07, 6.45) is -0.219. The van der Waals surface area contributed by atoms with Crippen molar-refractivity contribution in [1.82, 2.24) is 9.88 Å². The Bertz CT molecular complexity index is 934. The molecule has 9 nitrogen and oxygen atoms in total. The minimum Gasteiger partial charge on any atom is -0.456 e. The smallest absolute Gasteiger partial charge is 0.307 e. The van der Waals surface area contributed by atoms with Crippen molar-refractivity contribution in [2.75, 3.05) is 18.1 Å². The number of carbonyl (C=O) groups is 2. The number of carbonyl (C=O) groups excluding carboxylic acids is 2. The Morgan fingerprint density at radius 1 is 1.21 bits per heavy atom. The van der Waals surface area contributed by atoms with Gasteiger partial charge in [0.15, 0.2) is 12.4 Å². The molecule has 0 unspecified atom stereocenters. The van der Waals surface area contributed by atoms with Crippen LogP contribution >= 0.6 is 0 Å². The summed E-state index contributed by atoms with van der Waals surface area (Å²) in [4.78, 5) is 25.9. The van der Waals surface area contributed by atoms with E-state index >= 15 is 0 Å². The Kier molecular flexibility index (Phi) is 7.52. The maximum Gasteiger partial charge on any atom is 0.307 e. The van der Waals surface area contributed by atoms with Crippen molar-refractivity contribution in [3.8, 4) is 0 Å². The summed E-state index contributed by atoms with van der Waals surface area (Å²) in [6, 6.07) is 8.94. The third-order valence-corrected chi connectivity index (χ3v) is 5.74. The summed E-state index contributed by atoms with van der Waals surface area (Å²) < 4.78 is 36.7. The summed E-state index contributed by atoms with van der Waals surface area (Å²) in [5.74, 6) is -0.884. The molecule has 1 aromatic heterocycles. The van der Waals surface area contributed by atoms with Gasteiger partial charge in [-0.15, -0.1) is 0 Å². The molecule has 1 heterocycles. The van der Waals surface area contributed by atoms with Crippen LogP contribution in [0, 0.1) is 13.8 Å². The van der Waals surface area contributed by atoms with Crippen LogP contribution in [0.1, 0.15) is 31.7 Å². The molecule has 0 fully saturated rings. The van der Waals surface area contributed by atoms with Gasteiger partial charge in [0.1, 0.15) is 10.6 Å². The number of rotatable bonds is 9. The van der Waals surface area contributed by atoms with Crippen molar-refractivity contribution in [3.05, 3.63) is 41.8 Å². The maximum absolute atomic E-state index is 12.5. The number of hydrogen-bond donors (Lipinski definition) is 1. The predicted octanol–water partition coefficient (Wildman–Crippen LogP) is 1.94. The van der Waals surface area contributed by atoms with Gasteiger partial charge in [-0.05, 0) is 39.8 Å². The lowest BCUT2D eigenvalue weighted by Gasteiger charge is -2.26. The highest BCUT2D eigenvalue weighted by atomic mass is 32.2. The van der Waals surface area contributed by atoms with Gasteiger partial charge < -0.3 is 14.2 Å². The summed E-state index contributed by atoms with van der Waals surface area (Å²) in [5.41, 5.74) is 0.939. The molecule has 0 atom stereocenters. The van der Waals surface area contributed by atoms with Gasteiger partial charge >= 0.3 is 5.97 Å². The van der Waals surface area contributed by atoms with Crippen LogP contribution in [0.3, 0.4) is 0 Å². The van der Waals surface area contributed by atoms with Gasteiger partial charge in [0.2, 0.25) is 10.0 Å². The molecule has 2 rings (SSSR count). The highest BCUT2D eigenvalue weighted by molar-refractivity contribution is 7.89. The van der Waals surface area contributed by atoms with E-state index in [1.807, 2.05) is 32.0 Å². The first-order valence-corrected chi connectivity index (χ1v) is 10.6. The number of benzene rings is 1. The zero-order valence-electron chi connectivity index (χ0n) is 16.8. The van der Waals surface area contributed by atoms with Crippen LogP contribution in [0.5, 0.6) is 0 Å². The van der Waals surface area contributed by atoms with E-state index in [2.05, 4.69) is 9.88 Å². The SMILES string of the molecule is Cc1noc(C)c1S(=O)(=O)NCCC(=O)OCC(=O)N(c1ccccc1)C(C)C. The molecule has 29 heavy (non-hydrogen) atoms. The van der Waals surface area contributed by atoms with Gasteiger partial charge in [-0.2, -0.15) is 0 Å². The number of hydrogen-bond acceptors (Lipinski definition) is 7. The number of ether oxygens (including phenoxy) is 1. The Morgan fingerprint density at radius 2 is 1.86 bits per heavy atom. The number of nitrogens with zero attached hydrogens (tertiary/aromatic N) is 2. The molecule has 1 amide bonds. The summed E-state index contributed by atoms with van der Waals surface area (Å²) >= 11 is 0. The second-order valence-corrected chi connectivity index (χ2v) is 8.36. The number of amides is 1. The van der Waals surface area contributed by atoms with Crippen molar-refractivity contribution in [1.29, 1.82) is 0 Å². The normalized spacial score (nSPS) is 11.5. The Labute approximate surface area is 170 Å². The van der Waals surface area contributed by atoms with E-state index in [9.17, 15) is 18.0 Å². The number of para-hydroxylation sites is 1. The number of anilines is 1.